The van der Waals surface area contributed by atoms with Crippen molar-refractivity contribution in [3.8, 4) is 0 Å². The van der Waals surface area contributed by atoms with Gasteiger partial charge >= 0.3 is 11.9 Å². The molecule has 0 radical (unpaired) electrons. The average molecular weight is 229 g/mol. The topological polar surface area (TPSA) is 52.3 Å². The number of hydrogen-bond acceptors (Lipinski definition) is 3. The monoisotopic (exact) mass is 229 g/mol. The third-order valence-corrected chi connectivity index (χ3v) is 1.98. The summed E-state index contributed by atoms with van der Waals surface area (Å²) in [5.74, 6) is -4.99. The van der Waals surface area contributed by atoms with E-state index in [9.17, 15) is 13.6 Å². The maximum absolute atomic E-state index is 13.3. The molecule has 0 aliphatic rings. The number of carbonyl (C=O) groups is 1. The van der Waals surface area contributed by atoms with Crippen molar-refractivity contribution in [2.24, 2.45) is 0 Å². The Kier molecular flexibility index (Phi) is 3.82. The van der Waals surface area contributed by atoms with Gasteiger partial charge in [-0.05, 0) is 24.6 Å². The standard InChI is InChI=1S/C11H13F2NO2/c1-2-16-10(15)11(12,13)7-8-3-5-9(14)6-4-8/h3-6H,2,7,14H2,1H3. The van der Waals surface area contributed by atoms with Crippen LogP contribution < -0.4 is 5.73 Å². The minimum Gasteiger partial charge on any atom is -0.462 e. The van der Waals surface area contributed by atoms with Gasteiger partial charge in [-0.25, -0.2) is 4.79 Å². The summed E-state index contributed by atoms with van der Waals surface area (Å²) in [6.07, 6.45) is -0.674. The van der Waals surface area contributed by atoms with Gasteiger partial charge in [-0.3, -0.25) is 0 Å². The smallest absolute Gasteiger partial charge is 0.377 e. The lowest BCUT2D eigenvalue weighted by Gasteiger charge is -2.14. The molecule has 0 atom stereocenters. The summed E-state index contributed by atoms with van der Waals surface area (Å²) in [5.41, 5.74) is 6.25. The van der Waals surface area contributed by atoms with Crippen LogP contribution in [0.1, 0.15) is 12.5 Å². The van der Waals surface area contributed by atoms with Crippen LogP contribution in [0, 0.1) is 0 Å². The van der Waals surface area contributed by atoms with Crippen LogP contribution in [0.4, 0.5) is 14.5 Å². The van der Waals surface area contributed by atoms with Crippen molar-refractivity contribution in [1.82, 2.24) is 0 Å². The molecule has 1 rings (SSSR count). The van der Waals surface area contributed by atoms with Gasteiger partial charge in [0.15, 0.2) is 0 Å². The summed E-state index contributed by atoms with van der Waals surface area (Å²) in [5, 5.41) is 0. The molecule has 0 bridgehead atoms. The number of esters is 1. The molecule has 88 valence electrons. The molecule has 0 amide bonds. The number of alkyl halides is 2. The molecule has 0 aromatic heterocycles. The van der Waals surface area contributed by atoms with Gasteiger partial charge in [0.25, 0.3) is 0 Å². The van der Waals surface area contributed by atoms with Gasteiger partial charge in [0.2, 0.25) is 0 Å². The number of nitrogen functional groups attached to an aromatic ring is 1. The van der Waals surface area contributed by atoms with Gasteiger partial charge in [0.05, 0.1) is 6.61 Å². The van der Waals surface area contributed by atoms with Crippen molar-refractivity contribution in [1.29, 1.82) is 0 Å². The third-order valence-electron chi connectivity index (χ3n) is 1.98. The zero-order chi connectivity index (χ0) is 12.2. The summed E-state index contributed by atoms with van der Waals surface area (Å²) in [6.45, 7) is 1.42. The highest BCUT2D eigenvalue weighted by atomic mass is 19.3. The number of halogens is 2. The van der Waals surface area contributed by atoms with E-state index in [-0.39, 0.29) is 6.61 Å². The Balaban J connectivity index is 2.72. The van der Waals surface area contributed by atoms with Gasteiger partial charge in [-0.15, -0.1) is 0 Å². The molecule has 1 aromatic carbocycles. The van der Waals surface area contributed by atoms with E-state index in [1.54, 1.807) is 0 Å². The molecule has 0 saturated heterocycles. The largest absolute Gasteiger partial charge is 0.462 e. The van der Waals surface area contributed by atoms with Crippen LogP contribution in [0.5, 0.6) is 0 Å². The fourth-order valence-electron chi connectivity index (χ4n) is 1.20. The predicted molar refractivity (Wildman–Crippen MR) is 56.1 cm³/mol. The third kappa shape index (κ3) is 3.18. The quantitative estimate of drug-likeness (QED) is 0.634. The van der Waals surface area contributed by atoms with E-state index in [0.717, 1.165) is 0 Å². The van der Waals surface area contributed by atoms with Crippen LogP contribution in [0.2, 0.25) is 0 Å². The molecule has 0 aliphatic carbocycles. The highest BCUT2D eigenvalue weighted by molar-refractivity contribution is 5.77. The fourth-order valence-corrected chi connectivity index (χ4v) is 1.20. The predicted octanol–water partition coefficient (Wildman–Crippen LogP) is 2.01. The molecule has 0 unspecified atom stereocenters. The minimum atomic E-state index is -3.49. The summed E-state index contributed by atoms with van der Waals surface area (Å²) >= 11 is 0. The molecule has 0 fully saturated rings. The lowest BCUT2D eigenvalue weighted by Crippen LogP contribution is -2.33. The normalized spacial score (nSPS) is 11.2. The van der Waals surface area contributed by atoms with E-state index in [1.165, 1.54) is 31.2 Å². The minimum absolute atomic E-state index is 0.0594. The fraction of sp³-hybridized carbons (Fsp3) is 0.364. The van der Waals surface area contributed by atoms with Crippen LogP contribution in [-0.2, 0) is 16.0 Å². The van der Waals surface area contributed by atoms with Crippen molar-refractivity contribution in [3.63, 3.8) is 0 Å². The molecule has 0 spiro atoms. The van der Waals surface area contributed by atoms with E-state index in [4.69, 9.17) is 5.73 Å². The van der Waals surface area contributed by atoms with E-state index < -0.39 is 18.3 Å². The number of ether oxygens (including phenoxy) is 1. The van der Waals surface area contributed by atoms with Crippen molar-refractivity contribution in [2.45, 2.75) is 19.3 Å². The van der Waals surface area contributed by atoms with Gasteiger partial charge in [-0.1, -0.05) is 12.1 Å². The Bertz CT molecular complexity index is 363. The maximum Gasteiger partial charge on any atom is 0.377 e. The van der Waals surface area contributed by atoms with Crippen molar-refractivity contribution in [3.05, 3.63) is 29.8 Å². The molecule has 5 heteroatoms. The second kappa shape index (κ2) is 4.92. The zero-order valence-corrected chi connectivity index (χ0v) is 8.87. The molecule has 0 saturated carbocycles. The van der Waals surface area contributed by atoms with Crippen LogP contribution >= 0.6 is 0 Å². The zero-order valence-electron chi connectivity index (χ0n) is 8.87. The van der Waals surface area contributed by atoms with Crippen LogP contribution in [0.15, 0.2) is 24.3 Å². The van der Waals surface area contributed by atoms with E-state index >= 15 is 0 Å². The molecule has 1 aromatic rings. The van der Waals surface area contributed by atoms with Crippen molar-refractivity contribution < 1.29 is 18.3 Å². The number of rotatable bonds is 4. The number of carbonyl (C=O) groups excluding carboxylic acids is 1. The Morgan fingerprint density at radius 3 is 2.44 bits per heavy atom. The summed E-state index contributed by atoms with van der Waals surface area (Å²) in [6, 6.07) is 5.94. The van der Waals surface area contributed by atoms with Crippen LogP contribution in [-0.4, -0.2) is 18.5 Å². The van der Waals surface area contributed by atoms with Gasteiger partial charge in [0, 0.05) is 12.1 Å². The van der Waals surface area contributed by atoms with Crippen LogP contribution in [0.3, 0.4) is 0 Å². The average Bonchev–Trinajstić information content (AvgIpc) is 2.21. The maximum atomic E-state index is 13.3. The number of anilines is 1. The first-order chi connectivity index (χ1) is 7.45. The molecule has 0 aliphatic heterocycles. The highest BCUT2D eigenvalue weighted by Crippen LogP contribution is 2.22. The second-order valence-electron chi connectivity index (χ2n) is 3.34. The van der Waals surface area contributed by atoms with E-state index in [0.29, 0.717) is 11.3 Å². The Labute approximate surface area is 92.2 Å². The molecule has 0 heterocycles. The Morgan fingerprint density at radius 2 is 1.94 bits per heavy atom. The first-order valence-corrected chi connectivity index (χ1v) is 4.85. The highest BCUT2D eigenvalue weighted by Gasteiger charge is 2.40. The number of benzene rings is 1. The number of hydrogen-bond donors (Lipinski definition) is 1. The van der Waals surface area contributed by atoms with Gasteiger partial charge in [0.1, 0.15) is 0 Å². The van der Waals surface area contributed by atoms with E-state index in [1.807, 2.05) is 0 Å². The summed E-state index contributed by atoms with van der Waals surface area (Å²) < 4.78 is 30.9. The second-order valence-corrected chi connectivity index (χ2v) is 3.34. The SMILES string of the molecule is CCOC(=O)C(F)(F)Cc1ccc(N)cc1. The Hall–Kier alpha value is -1.65. The molecule has 3 nitrogen and oxygen atoms in total. The number of nitrogens with two attached hydrogens (primary N) is 1. The van der Waals surface area contributed by atoms with E-state index in [2.05, 4.69) is 4.74 Å². The van der Waals surface area contributed by atoms with Gasteiger partial charge in [-0.2, -0.15) is 8.78 Å². The first-order valence-electron chi connectivity index (χ1n) is 4.85. The summed E-state index contributed by atoms with van der Waals surface area (Å²) in [7, 11) is 0. The van der Waals surface area contributed by atoms with Crippen molar-refractivity contribution >= 4 is 11.7 Å². The van der Waals surface area contributed by atoms with Crippen LogP contribution in [0.25, 0.3) is 0 Å². The lowest BCUT2D eigenvalue weighted by molar-refractivity contribution is -0.171. The molecule has 16 heavy (non-hydrogen) atoms. The lowest BCUT2D eigenvalue weighted by atomic mass is 10.1. The summed E-state index contributed by atoms with van der Waals surface area (Å²) in [4.78, 5) is 10.9. The Morgan fingerprint density at radius 1 is 1.38 bits per heavy atom. The van der Waals surface area contributed by atoms with Gasteiger partial charge < -0.3 is 10.5 Å². The first kappa shape index (κ1) is 12.4. The molecule has 2 N–H and O–H groups in total. The molecular weight excluding hydrogens is 216 g/mol. The molecular formula is C11H13F2NO2. The van der Waals surface area contributed by atoms with Crippen molar-refractivity contribution in [2.75, 3.05) is 12.3 Å².